The van der Waals surface area contributed by atoms with Crippen LogP contribution in [0.2, 0.25) is 0 Å². The van der Waals surface area contributed by atoms with Gasteiger partial charge in [0.25, 0.3) is 0 Å². The summed E-state index contributed by atoms with van der Waals surface area (Å²) in [4.78, 5) is 22.3. The lowest BCUT2D eigenvalue weighted by molar-refractivity contribution is -0.149. The summed E-state index contributed by atoms with van der Waals surface area (Å²) in [7, 11) is 0. The second kappa shape index (κ2) is 7.85. The van der Waals surface area contributed by atoms with E-state index in [1.54, 1.807) is 6.92 Å². The third-order valence-corrected chi connectivity index (χ3v) is 2.34. The Balaban J connectivity index is 4.49. The van der Waals surface area contributed by atoms with Crippen molar-refractivity contribution >= 4 is 12.0 Å². The monoisotopic (exact) mass is 284 g/mol. The smallest absolute Gasteiger partial charge is 0.406 e. The molecule has 0 aromatic rings. The van der Waals surface area contributed by atoms with Gasteiger partial charge in [0.05, 0.1) is 0 Å². The molecule has 2 N–H and O–H groups in total. The number of halogens is 3. The van der Waals surface area contributed by atoms with E-state index in [-0.39, 0.29) is 10.9 Å². The SMILES string of the molecule is CCCCC(C)NC(=O)N(CC(=O)O)CC(F)(F)F. The van der Waals surface area contributed by atoms with Crippen molar-refractivity contribution in [3.05, 3.63) is 0 Å². The number of rotatable bonds is 7. The lowest BCUT2D eigenvalue weighted by atomic mass is 10.1. The van der Waals surface area contributed by atoms with E-state index in [9.17, 15) is 22.8 Å². The van der Waals surface area contributed by atoms with Crippen LogP contribution in [0.1, 0.15) is 33.1 Å². The molecule has 19 heavy (non-hydrogen) atoms. The van der Waals surface area contributed by atoms with E-state index >= 15 is 0 Å². The number of carboxylic acids is 1. The second-order valence-electron chi connectivity index (χ2n) is 4.36. The van der Waals surface area contributed by atoms with Gasteiger partial charge in [-0.1, -0.05) is 19.8 Å². The molecule has 0 rings (SSSR count). The third-order valence-electron chi connectivity index (χ3n) is 2.34. The molecule has 5 nitrogen and oxygen atoms in total. The van der Waals surface area contributed by atoms with Crippen LogP contribution in [0.4, 0.5) is 18.0 Å². The normalized spacial score (nSPS) is 12.9. The van der Waals surface area contributed by atoms with Crippen LogP contribution >= 0.6 is 0 Å². The summed E-state index contributed by atoms with van der Waals surface area (Å²) in [6.45, 7) is 1.06. The topological polar surface area (TPSA) is 69.6 Å². The molecule has 8 heteroatoms. The van der Waals surface area contributed by atoms with E-state index in [0.717, 1.165) is 12.8 Å². The van der Waals surface area contributed by atoms with Crippen LogP contribution in [0.15, 0.2) is 0 Å². The lowest BCUT2D eigenvalue weighted by Crippen LogP contribution is -2.49. The molecule has 0 heterocycles. The highest BCUT2D eigenvalue weighted by Crippen LogP contribution is 2.16. The quantitative estimate of drug-likeness (QED) is 0.753. The number of urea groups is 1. The zero-order valence-corrected chi connectivity index (χ0v) is 11.0. The van der Waals surface area contributed by atoms with Gasteiger partial charge < -0.3 is 15.3 Å². The van der Waals surface area contributed by atoms with Gasteiger partial charge in [-0.05, 0) is 13.3 Å². The number of hydrogen-bond acceptors (Lipinski definition) is 2. The number of hydrogen-bond donors (Lipinski definition) is 2. The summed E-state index contributed by atoms with van der Waals surface area (Å²) in [5, 5.41) is 10.9. The van der Waals surface area contributed by atoms with E-state index in [0.29, 0.717) is 6.42 Å². The van der Waals surface area contributed by atoms with Crippen LogP contribution in [0.25, 0.3) is 0 Å². The maximum atomic E-state index is 12.2. The van der Waals surface area contributed by atoms with Crippen LogP contribution < -0.4 is 5.32 Å². The average Bonchev–Trinajstić information content (AvgIpc) is 2.22. The van der Waals surface area contributed by atoms with Gasteiger partial charge in [0.2, 0.25) is 0 Å². The predicted octanol–water partition coefficient (Wildman–Crippen LogP) is 2.22. The van der Waals surface area contributed by atoms with Crippen molar-refractivity contribution in [1.29, 1.82) is 0 Å². The average molecular weight is 284 g/mol. The molecule has 0 aliphatic carbocycles. The van der Waals surface area contributed by atoms with Crippen molar-refractivity contribution < 1.29 is 27.9 Å². The van der Waals surface area contributed by atoms with Crippen molar-refractivity contribution in [3.8, 4) is 0 Å². The minimum Gasteiger partial charge on any atom is -0.480 e. The Kier molecular flexibility index (Phi) is 7.25. The second-order valence-corrected chi connectivity index (χ2v) is 4.36. The third kappa shape index (κ3) is 9.15. The summed E-state index contributed by atoms with van der Waals surface area (Å²) < 4.78 is 36.7. The molecule has 0 aliphatic heterocycles. The molecule has 0 aromatic heterocycles. The summed E-state index contributed by atoms with van der Waals surface area (Å²) >= 11 is 0. The molecule has 0 fully saturated rings. The van der Waals surface area contributed by atoms with Gasteiger partial charge in [-0.2, -0.15) is 13.2 Å². The molecule has 0 radical (unpaired) electrons. The Morgan fingerprint density at radius 2 is 1.95 bits per heavy atom. The van der Waals surface area contributed by atoms with Crippen LogP contribution in [0.3, 0.4) is 0 Å². The number of carbonyl (C=O) groups is 2. The first kappa shape index (κ1) is 17.5. The molecular formula is C11H19F3N2O3. The Hall–Kier alpha value is -1.47. The largest absolute Gasteiger partial charge is 0.480 e. The number of carboxylic acid groups (broad SMARTS) is 1. The van der Waals surface area contributed by atoms with Crippen LogP contribution in [0, 0.1) is 0 Å². The Labute approximate surface area is 109 Å². The van der Waals surface area contributed by atoms with Gasteiger partial charge in [-0.25, -0.2) is 4.79 Å². The molecule has 0 aromatic carbocycles. The molecule has 2 amide bonds. The first-order valence-corrected chi connectivity index (χ1v) is 5.99. The highest BCUT2D eigenvalue weighted by Gasteiger charge is 2.34. The van der Waals surface area contributed by atoms with E-state index in [1.807, 2.05) is 6.92 Å². The number of carbonyl (C=O) groups excluding carboxylic acids is 1. The molecule has 0 spiro atoms. The zero-order chi connectivity index (χ0) is 15.1. The van der Waals surface area contributed by atoms with Gasteiger partial charge in [-0.15, -0.1) is 0 Å². The van der Waals surface area contributed by atoms with E-state index in [1.165, 1.54) is 0 Å². The Morgan fingerprint density at radius 1 is 1.37 bits per heavy atom. The van der Waals surface area contributed by atoms with Gasteiger partial charge >= 0.3 is 18.2 Å². The highest BCUT2D eigenvalue weighted by atomic mass is 19.4. The summed E-state index contributed by atoms with van der Waals surface area (Å²) in [6, 6.07) is -1.31. The van der Waals surface area contributed by atoms with E-state index < -0.39 is 31.3 Å². The summed E-state index contributed by atoms with van der Waals surface area (Å²) in [5.41, 5.74) is 0. The molecule has 112 valence electrons. The van der Waals surface area contributed by atoms with E-state index in [4.69, 9.17) is 5.11 Å². The van der Waals surface area contributed by atoms with Crippen LogP contribution in [0.5, 0.6) is 0 Å². The minimum absolute atomic E-state index is 0.241. The molecule has 0 saturated carbocycles. The number of unbranched alkanes of at least 4 members (excludes halogenated alkanes) is 1. The van der Waals surface area contributed by atoms with Crippen molar-refractivity contribution in [3.63, 3.8) is 0 Å². The standard InChI is InChI=1S/C11H19F3N2O3/c1-3-4-5-8(2)15-10(19)16(6-9(17)18)7-11(12,13)14/h8H,3-7H2,1-2H3,(H,15,19)(H,17,18). The molecule has 0 aliphatic rings. The number of amides is 2. The van der Waals surface area contributed by atoms with Crippen molar-refractivity contribution in [2.75, 3.05) is 13.1 Å². The predicted molar refractivity (Wildman–Crippen MR) is 62.8 cm³/mol. The summed E-state index contributed by atoms with van der Waals surface area (Å²) in [5.74, 6) is -1.49. The van der Waals surface area contributed by atoms with Crippen molar-refractivity contribution in [1.82, 2.24) is 10.2 Å². The molecule has 1 atom stereocenters. The molecule has 0 bridgehead atoms. The molecular weight excluding hydrogens is 265 g/mol. The fraction of sp³-hybridized carbons (Fsp3) is 0.818. The van der Waals surface area contributed by atoms with E-state index in [2.05, 4.69) is 5.32 Å². The molecule has 1 unspecified atom stereocenters. The lowest BCUT2D eigenvalue weighted by Gasteiger charge is -2.24. The van der Waals surface area contributed by atoms with Crippen molar-refractivity contribution in [2.24, 2.45) is 0 Å². The van der Waals surface area contributed by atoms with Gasteiger partial charge in [0.15, 0.2) is 0 Å². The summed E-state index contributed by atoms with van der Waals surface area (Å²) in [6.07, 6.45) is -2.25. The van der Waals surface area contributed by atoms with Gasteiger partial charge in [0, 0.05) is 6.04 Å². The first-order chi connectivity index (χ1) is 8.65. The fourth-order valence-electron chi connectivity index (χ4n) is 1.46. The maximum absolute atomic E-state index is 12.2. The number of aliphatic carboxylic acids is 1. The number of nitrogens with one attached hydrogen (secondary N) is 1. The number of nitrogens with zero attached hydrogens (tertiary/aromatic N) is 1. The van der Waals surface area contributed by atoms with Gasteiger partial charge in [-0.3, -0.25) is 4.79 Å². The highest BCUT2D eigenvalue weighted by molar-refractivity contribution is 5.80. The zero-order valence-electron chi connectivity index (χ0n) is 11.0. The first-order valence-electron chi connectivity index (χ1n) is 5.99. The number of alkyl halides is 3. The van der Waals surface area contributed by atoms with Crippen LogP contribution in [-0.4, -0.2) is 47.3 Å². The molecule has 0 saturated heterocycles. The minimum atomic E-state index is -4.63. The fourth-order valence-corrected chi connectivity index (χ4v) is 1.46. The van der Waals surface area contributed by atoms with Crippen LogP contribution in [-0.2, 0) is 4.79 Å². The maximum Gasteiger partial charge on any atom is 0.406 e. The Morgan fingerprint density at radius 3 is 2.37 bits per heavy atom. The van der Waals surface area contributed by atoms with Crippen molar-refractivity contribution in [2.45, 2.75) is 45.3 Å². The Bertz CT molecular complexity index is 308. The van der Waals surface area contributed by atoms with Gasteiger partial charge in [0.1, 0.15) is 13.1 Å².